The number of carboxylic acid groups (broad SMARTS) is 2. The van der Waals surface area contributed by atoms with E-state index in [4.69, 9.17) is 15.0 Å². The molecule has 0 amide bonds. The van der Waals surface area contributed by atoms with Gasteiger partial charge in [-0.25, -0.2) is 0 Å². The predicted octanol–water partition coefficient (Wildman–Crippen LogP) is 0.233. The maximum Gasteiger partial charge on any atom is 1.00 e. The van der Waals surface area contributed by atoms with Gasteiger partial charge in [0.1, 0.15) is 0 Å². The van der Waals surface area contributed by atoms with E-state index in [9.17, 15) is 0 Å². The van der Waals surface area contributed by atoms with Gasteiger partial charge in [-0.05, 0) is 19.6 Å². The molecular weight excluding hydrogens is 254 g/mol. The summed E-state index contributed by atoms with van der Waals surface area (Å²) in [6.07, 6.45) is -2.08. The van der Waals surface area contributed by atoms with E-state index in [0.29, 0.717) is 0 Å². The molecule has 5 heteroatoms. The SMILES string of the molecule is CCN(CC)CC.O=C([O-])O.[Ag+]. The van der Waals surface area contributed by atoms with Crippen molar-refractivity contribution in [1.82, 2.24) is 4.90 Å². The number of nitrogens with zero attached hydrogens (tertiary/aromatic N) is 1. The van der Waals surface area contributed by atoms with Gasteiger partial charge < -0.3 is 19.9 Å². The Morgan fingerprint density at radius 1 is 1.25 bits per heavy atom. The molecule has 0 atom stereocenters. The van der Waals surface area contributed by atoms with E-state index >= 15 is 0 Å². The first-order valence-electron chi connectivity index (χ1n) is 3.70. The molecular formula is C7H16AgNO3. The van der Waals surface area contributed by atoms with E-state index in [0.717, 1.165) is 0 Å². The van der Waals surface area contributed by atoms with Crippen molar-refractivity contribution in [3.8, 4) is 0 Å². The van der Waals surface area contributed by atoms with Crippen LogP contribution < -0.4 is 5.11 Å². The van der Waals surface area contributed by atoms with Crippen molar-refractivity contribution < 1.29 is 37.4 Å². The molecule has 0 aromatic heterocycles. The van der Waals surface area contributed by atoms with Gasteiger partial charge in [0.05, 0.1) is 0 Å². The van der Waals surface area contributed by atoms with Crippen LogP contribution in [-0.4, -0.2) is 35.8 Å². The van der Waals surface area contributed by atoms with Crippen LogP contribution in [0.15, 0.2) is 0 Å². The second-order valence-corrected chi connectivity index (χ2v) is 1.89. The van der Waals surface area contributed by atoms with E-state index in [1.807, 2.05) is 0 Å². The minimum atomic E-state index is -2.08. The molecule has 0 fully saturated rings. The standard InChI is InChI=1S/C6H15N.CH2O3.Ag/c1-4-7(5-2)6-3;2-1(3)4;/h4-6H2,1-3H3;(H2,2,3,4);/q;;+1/p-1. The molecule has 0 aliphatic rings. The van der Waals surface area contributed by atoms with E-state index < -0.39 is 6.16 Å². The van der Waals surface area contributed by atoms with Gasteiger partial charge in [-0.2, -0.15) is 0 Å². The number of carbonyl (C=O) groups is 1. The molecule has 0 unspecified atom stereocenters. The molecule has 0 saturated heterocycles. The Labute approximate surface area is 89.1 Å². The molecule has 0 aliphatic carbocycles. The minimum absolute atomic E-state index is 0. The summed E-state index contributed by atoms with van der Waals surface area (Å²) in [5, 5.41) is 15.3. The van der Waals surface area contributed by atoms with Gasteiger partial charge in [0, 0.05) is 0 Å². The molecule has 0 aromatic rings. The monoisotopic (exact) mass is 269 g/mol. The fourth-order valence-corrected chi connectivity index (χ4v) is 0.671. The van der Waals surface area contributed by atoms with Crippen LogP contribution in [0.4, 0.5) is 4.79 Å². The molecule has 0 saturated carbocycles. The molecule has 1 N–H and O–H groups in total. The average molecular weight is 270 g/mol. The quantitative estimate of drug-likeness (QED) is 0.746. The Morgan fingerprint density at radius 3 is 1.42 bits per heavy atom. The van der Waals surface area contributed by atoms with Crippen LogP contribution in [0.2, 0.25) is 0 Å². The maximum atomic E-state index is 8.44. The van der Waals surface area contributed by atoms with Crippen LogP contribution in [0.25, 0.3) is 0 Å². The fraction of sp³-hybridized carbons (Fsp3) is 0.857. The van der Waals surface area contributed by atoms with Gasteiger partial charge >= 0.3 is 22.4 Å². The third-order valence-electron chi connectivity index (χ3n) is 1.34. The Hall–Kier alpha value is -0.0297. The number of rotatable bonds is 3. The van der Waals surface area contributed by atoms with E-state index in [1.54, 1.807) is 0 Å². The molecule has 12 heavy (non-hydrogen) atoms. The third-order valence-corrected chi connectivity index (χ3v) is 1.34. The Balaban J connectivity index is -0.000000142. The van der Waals surface area contributed by atoms with Crippen molar-refractivity contribution >= 4 is 6.16 Å². The smallest absolute Gasteiger partial charge is 0.565 e. The Kier molecular flexibility index (Phi) is 20.2. The second-order valence-electron chi connectivity index (χ2n) is 1.89. The van der Waals surface area contributed by atoms with Crippen molar-refractivity contribution in [3.63, 3.8) is 0 Å². The van der Waals surface area contributed by atoms with Gasteiger partial charge in [0.15, 0.2) is 0 Å². The van der Waals surface area contributed by atoms with Crippen LogP contribution in [0.1, 0.15) is 20.8 Å². The maximum absolute atomic E-state index is 8.44. The Morgan fingerprint density at radius 2 is 1.42 bits per heavy atom. The van der Waals surface area contributed by atoms with E-state index in [1.165, 1.54) is 19.6 Å². The van der Waals surface area contributed by atoms with Gasteiger partial charge in [0.2, 0.25) is 6.16 Å². The Bertz CT molecular complexity index is 87.1. The summed E-state index contributed by atoms with van der Waals surface area (Å²) in [4.78, 5) is 10.8. The van der Waals surface area contributed by atoms with E-state index in [2.05, 4.69) is 25.7 Å². The topological polar surface area (TPSA) is 63.6 Å². The largest absolute Gasteiger partial charge is 1.00 e. The average Bonchev–Trinajstić information content (AvgIpc) is 1.90. The van der Waals surface area contributed by atoms with Crippen LogP contribution in [-0.2, 0) is 22.4 Å². The van der Waals surface area contributed by atoms with Gasteiger partial charge in [0.25, 0.3) is 0 Å². The van der Waals surface area contributed by atoms with Crippen molar-refractivity contribution in [1.29, 1.82) is 0 Å². The van der Waals surface area contributed by atoms with Crippen LogP contribution in [0, 0.1) is 0 Å². The van der Waals surface area contributed by atoms with Gasteiger partial charge in [-0.15, -0.1) is 0 Å². The molecule has 0 aliphatic heterocycles. The first kappa shape index (κ1) is 17.9. The minimum Gasteiger partial charge on any atom is -0.565 e. The summed E-state index contributed by atoms with van der Waals surface area (Å²) in [6, 6.07) is 0. The third kappa shape index (κ3) is 22.5. The zero-order valence-corrected chi connectivity index (χ0v) is 9.12. The summed E-state index contributed by atoms with van der Waals surface area (Å²) >= 11 is 0. The summed E-state index contributed by atoms with van der Waals surface area (Å²) in [7, 11) is 0. The summed E-state index contributed by atoms with van der Waals surface area (Å²) in [5.74, 6) is 0. The molecule has 0 aromatic carbocycles. The van der Waals surface area contributed by atoms with Crippen molar-refractivity contribution in [2.24, 2.45) is 0 Å². The van der Waals surface area contributed by atoms with Gasteiger partial charge in [-0.1, -0.05) is 20.8 Å². The molecule has 4 nitrogen and oxygen atoms in total. The van der Waals surface area contributed by atoms with Gasteiger partial charge in [-0.3, -0.25) is 0 Å². The second kappa shape index (κ2) is 13.6. The molecule has 0 bridgehead atoms. The molecule has 0 rings (SSSR count). The number of hydrogen-bond acceptors (Lipinski definition) is 3. The van der Waals surface area contributed by atoms with Crippen LogP contribution in [0.3, 0.4) is 0 Å². The molecule has 0 spiro atoms. The predicted molar refractivity (Wildman–Crippen MR) is 41.5 cm³/mol. The van der Waals surface area contributed by atoms with Crippen molar-refractivity contribution in [2.75, 3.05) is 19.6 Å². The zero-order valence-electron chi connectivity index (χ0n) is 7.63. The molecule has 0 radical (unpaired) electrons. The first-order chi connectivity index (χ1) is 5.08. The molecule has 0 heterocycles. The van der Waals surface area contributed by atoms with Crippen LogP contribution >= 0.6 is 0 Å². The summed E-state index contributed by atoms with van der Waals surface area (Å²) < 4.78 is 0. The first-order valence-corrected chi connectivity index (χ1v) is 3.70. The summed E-state index contributed by atoms with van der Waals surface area (Å²) in [5.41, 5.74) is 0. The fourth-order valence-electron chi connectivity index (χ4n) is 0.671. The normalized spacial score (nSPS) is 8.00. The zero-order chi connectivity index (χ0) is 9.28. The van der Waals surface area contributed by atoms with E-state index in [-0.39, 0.29) is 22.4 Å². The van der Waals surface area contributed by atoms with Crippen molar-refractivity contribution in [3.05, 3.63) is 0 Å². The summed E-state index contributed by atoms with van der Waals surface area (Å²) in [6.45, 7) is 10.1. The van der Waals surface area contributed by atoms with Crippen LogP contribution in [0.5, 0.6) is 0 Å². The van der Waals surface area contributed by atoms with Crippen molar-refractivity contribution in [2.45, 2.75) is 20.8 Å². The number of hydrogen-bond donors (Lipinski definition) is 1. The molecule has 78 valence electrons.